The minimum absolute atomic E-state index is 0. The Morgan fingerprint density at radius 2 is 1.88 bits per heavy atom. The second-order valence-electron chi connectivity index (χ2n) is 6.83. The van der Waals surface area contributed by atoms with Gasteiger partial charge in [-0.25, -0.2) is 0 Å². The van der Waals surface area contributed by atoms with Gasteiger partial charge in [0, 0.05) is 0 Å². The summed E-state index contributed by atoms with van der Waals surface area (Å²) in [5.74, 6) is 0.568. The predicted molar refractivity (Wildman–Crippen MR) is 107 cm³/mol. The van der Waals surface area contributed by atoms with Gasteiger partial charge >= 0.3 is 31.1 Å². The molecule has 0 aliphatic heterocycles. The Morgan fingerprint density at radius 3 is 2.50 bits per heavy atom. The van der Waals surface area contributed by atoms with Crippen LogP contribution in [0.3, 0.4) is 0 Å². The van der Waals surface area contributed by atoms with Gasteiger partial charge in [-0.2, -0.15) is 18.6 Å². The Bertz CT molecular complexity index is 528. The number of unbranched alkanes of at least 4 members (excludes halogenated alkanes) is 4. The van der Waals surface area contributed by atoms with Crippen molar-refractivity contribution in [3.8, 4) is 5.75 Å². The van der Waals surface area contributed by atoms with Gasteiger partial charge in [-0.15, -0.1) is 11.1 Å². The van der Waals surface area contributed by atoms with Gasteiger partial charge in [0.2, 0.25) is 0 Å². The summed E-state index contributed by atoms with van der Waals surface area (Å²) in [5, 5.41) is 19.8. The van der Waals surface area contributed by atoms with Gasteiger partial charge in [-0.05, 0) is 36.8 Å². The number of aromatic hydroxyl groups is 1. The van der Waals surface area contributed by atoms with Crippen LogP contribution >= 0.6 is 0 Å². The SMILES string of the molecule is [CH-]=C.[CH2-]c1cc(CCCCCCC)cc(O)c1C1C=C(CO)CCC1.[U+2]. The first kappa shape index (κ1) is 25.4. The number of benzene rings is 1. The molecule has 2 rings (SSSR count). The van der Waals surface area contributed by atoms with E-state index in [2.05, 4.69) is 39.1 Å². The fraction of sp³-hybridized carbons (Fsp3) is 0.522. The Morgan fingerprint density at radius 1 is 1.19 bits per heavy atom. The number of phenolic OH excluding ortho intramolecular Hbond substituents is 1. The first-order valence-corrected chi connectivity index (χ1v) is 9.54. The number of hydrogen-bond acceptors (Lipinski definition) is 2. The molecule has 0 aromatic heterocycles. The molecular weight excluding hydrogens is 546 g/mol. The molecule has 0 fully saturated rings. The molecule has 2 N–H and O–H groups in total. The van der Waals surface area contributed by atoms with Gasteiger partial charge in [0.1, 0.15) is 0 Å². The summed E-state index contributed by atoms with van der Waals surface area (Å²) >= 11 is 0. The van der Waals surface area contributed by atoms with Gasteiger partial charge in [0.25, 0.3) is 0 Å². The summed E-state index contributed by atoms with van der Waals surface area (Å²) in [4.78, 5) is 0. The summed E-state index contributed by atoms with van der Waals surface area (Å²) in [6.45, 7) is 13.5. The van der Waals surface area contributed by atoms with Crippen LogP contribution in [-0.2, 0) is 6.42 Å². The van der Waals surface area contributed by atoms with Crippen LogP contribution in [0.25, 0.3) is 0 Å². The van der Waals surface area contributed by atoms with Crippen molar-refractivity contribution in [2.45, 2.75) is 70.6 Å². The molecule has 0 amide bonds. The maximum atomic E-state index is 10.5. The summed E-state index contributed by atoms with van der Waals surface area (Å²) in [5.41, 5.74) is 4.16. The number of allylic oxidation sites excluding steroid dienone is 1. The van der Waals surface area contributed by atoms with E-state index in [4.69, 9.17) is 0 Å². The van der Waals surface area contributed by atoms with Crippen LogP contribution in [0, 0.1) is 44.6 Å². The van der Waals surface area contributed by atoms with Crippen molar-refractivity contribution in [1.29, 1.82) is 0 Å². The van der Waals surface area contributed by atoms with Crippen molar-refractivity contribution >= 4 is 0 Å². The summed E-state index contributed by atoms with van der Waals surface area (Å²) < 4.78 is 0. The monoisotopic (exact) mass is 580 g/mol. The standard InChI is InChI=1S/C21H31O2.C2H3.U/c1-3-4-5-6-7-9-17-12-16(2)21(20(23)14-17)19-11-8-10-18(13-19)15-22;1-2;/h12-14,19,22-23H,2-11,15H2,1H3;1H,2H2;/q2*-1;+2. The van der Waals surface area contributed by atoms with E-state index in [0.717, 1.165) is 42.4 Å². The van der Waals surface area contributed by atoms with Crippen LogP contribution in [0.5, 0.6) is 5.75 Å². The van der Waals surface area contributed by atoms with Crippen molar-refractivity contribution in [2.75, 3.05) is 6.61 Å². The van der Waals surface area contributed by atoms with Crippen molar-refractivity contribution in [1.82, 2.24) is 0 Å². The molecule has 1 aliphatic carbocycles. The molecule has 1 aliphatic rings. The van der Waals surface area contributed by atoms with E-state index in [1.165, 1.54) is 37.7 Å². The Balaban J connectivity index is 0.00000201. The second-order valence-corrected chi connectivity index (χ2v) is 6.83. The number of phenols is 1. The average molecular weight is 581 g/mol. The number of hydrogen-bond donors (Lipinski definition) is 2. The van der Waals surface area contributed by atoms with E-state index in [-0.39, 0.29) is 43.6 Å². The first-order chi connectivity index (χ1) is 12.2. The molecule has 0 radical (unpaired) electrons. The van der Waals surface area contributed by atoms with Crippen LogP contribution in [0.2, 0.25) is 0 Å². The normalized spacial score (nSPS) is 16.1. The van der Waals surface area contributed by atoms with Crippen LogP contribution in [0.15, 0.2) is 30.4 Å². The third-order valence-electron chi connectivity index (χ3n) is 4.90. The van der Waals surface area contributed by atoms with Crippen molar-refractivity contribution in [3.05, 3.63) is 60.6 Å². The largest absolute Gasteiger partial charge is 2.00 e. The Kier molecular flexibility index (Phi) is 14.1. The smallest absolute Gasteiger partial charge is 0.521 e. The van der Waals surface area contributed by atoms with Gasteiger partial charge in [0.15, 0.2) is 0 Å². The van der Waals surface area contributed by atoms with E-state index < -0.39 is 0 Å². The maximum Gasteiger partial charge on any atom is 2.00 e. The first-order valence-electron chi connectivity index (χ1n) is 9.54. The summed E-state index contributed by atoms with van der Waals surface area (Å²) in [6, 6.07) is 4.06. The Labute approximate surface area is 184 Å². The van der Waals surface area contributed by atoms with Gasteiger partial charge in [-0.1, -0.05) is 51.5 Å². The number of aliphatic hydroxyl groups is 1. The minimum Gasteiger partial charge on any atom is -0.521 e. The van der Waals surface area contributed by atoms with Crippen molar-refractivity contribution < 1.29 is 41.3 Å². The minimum atomic E-state index is 0. The topological polar surface area (TPSA) is 40.5 Å². The molecule has 0 bridgehead atoms. The molecule has 3 heteroatoms. The second kappa shape index (κ2) is 14.4. The van der Waals surface area contributed by atoms with Crippen LogP contribution < -0.4 is 0 Å². The fourth-order valence-electron chi connectivity index (χ4n) is 3.63. The molecule has 2 nitrogen and oxygen atoms in total. The van der Waals surface area contributed by atoms with Crippen molar-refractivity contribution in [2.24, 2.45) is 0 Å². The molecule has 0 saturated heterocycles. The van der Waals surface area contributed by atoms with Crippen LogP contribution in [0.1, 0.15) is 80.9 Å². The zero-order valence-electron chi connectivity index (χ0n) is 16.3. The number of aryl methyl sites for hydroxylation is 1. The summed E-state index contributed by atoms with van der Waals surface area (Å²) in [6.07, 6.45) is 12.5. The molecule has 1 unspecified atom stereocenters. The van der Waals surface area contributed by atoms with Gasteiger partial charge in [-0.3, -0.25) is 6.58 Å². The molecule has 26 heavy (non-hydrogen) atoms. The van der Waals surface area contributed by atoms with Gasteiger partial charge in [0.05, 0.1) is 12.4 Å². The molecule has 1 aromatic rings. The predicted octanol–water partition coefficient (Wildman–Crippen LogP) is 5.88. The molecule has 0 saturated carbocycles. The van der Waals surface area contributed by atoms with Gasteiger partial charge < -0.3 is 16.8 Å². The zero-order chi connectivity index (χ0) is 18.7. The van der Waals surface area contributed by atoms with E-state index in [1.54, 1.807) is 0 Å². The van der Waals surface area contributed by atoms with E-state index in [1.807, 2.05) is 6.07 Å². The number of rotatable bonds is 8. The van der Waals surface area contributed by atoms with E-state index in [0.29, 0.717) is 5.75 Å². The average Bonchev–Trinajstić information content (AvgIpc) is 2.63. The van der Waals surface area contributed by atoms with E-state index in [9.17, 15) is 10.2 Å². The quantitative estimate of drug-likeness (QED) is 0.229. The molecule has 0 heterocycles. The zero-order valence-corrected chi connectivity index (χ0v) is 20.4. The van der Waals surface area contributed by atoms with Crippen molar-refractivity contribution in [3.63, 3.8) is 0 Å². The molecular formula is C23H34O2U. The van der Waals surface area contributed by atoms with E-state index >= 15 is 0 Å². The Hall–Kier alpha value is -0.618. The molecule has 1 aromatic carbocycles. The maximum absolute atomic E-state index is 10.5. The molecule has 1 atom stereocenters. The van der Waals surface area contributed by atoms with Crippen LogP contribution in [0.4, 0.5) is 0 Å². The summed E-state index contributed by atoms with van der Waals surface area (Å²) in [7, 11) is 0. The van der Waals surface area contributed by atoms with Crippen LogP contribution in [-0.4, -0.2) is 16.8 Å². The third kappa shape index (κ3) is 7.95. The molecule has 0 spiro atoms. The fourth-order valence-corrected chi connectivity index (χ4v) is 3.63. The number of aliphatic hydroxyl groups excluding tert-OH is 1. The molecule has 142 valence electrons. The third-order valence-corrected chi connectivity index (χ3v) is 4.90.